The highest BCUT2D eigenvalue weighted by Gasteiger charge is 2.17. The summed E-state index contributed by atoms with van der Waals surface area (Å²) in [5, 5.41) is 21.7. The van der Waals surface area contributed by atoms with E-state index in [4.69, 9.17) is 11.6 Å². The molecule has 0 saturated carbocycles. The Bertz CT molecular complexity index is 503. The second-order valence-electron chi connectivity index (χ2n) is 3.97. The van der Waals surface area contributed by atoms with Crippen LogP contribution in [0.2, 0.25) is 0 Å². The number of halogens is 1. The van der Waals surface area contributed by atoms with Crippen LogP contribution in [-0.4, -0.2) is 27.2 Å². The summed E-state index contributed by atoms with van der Waals surface area (Å²) in [7, 11) is 0. The molecule has 0 saturated heterocycles. The fourth-order valence-corrected chi connectivity index (χ4v) is 2.00. The highest BCUT2D eigenvalue weighted by Crippen LogP contribution is 2.23. The lowest BCUT2D eigenvalue weighted by Crippen LogP contribution is -2.18. The summed E-state index contributed by atoms with van der Waals surface area (Å²) >= 11 is 5.54. The van der Waals surface area contributed by atoms with Gasteiger partial charge >= 0.3 is 0 Å². The van der Waals surface area contributed by atoms with Gasteiger partial charge in [0.2, 0.25) is 0 Å². The molecule has 0 bridgehead atoms. The Morgan fingerprint density at radius 1 is 1.18 bits per heavy atom. The number of aliphatic hydroxyl groups excluding tert-OH is 2. The van der Waals surface area contributed by atoms with Crippen LogP contribution in [-0.2, 0) is 0 Å². The maximum atomic E-state index is 9.96. The first-order valence-electron chi connectivity index (χ1n) is 5.48. The minimum Gasteiger partial charge on any atom is -0.390 e. The lowest BCUT2D eigenvalue weighted by Gasteiger charge is -2.17. The van der Waals surface area contributed by atoms with E-state index in [0.29, 0.717) is 17.9 Å². The fourth-order valence-electron chi connectivity index (χ4n) is 1.78. The zero-order valence-corrected chi connectivity index (χ0v) is 10.0. The van der Waals surface area contributed by atoms with Crippen molar-refractivity contribution in [3.05, 3.63) is 42.2 Å². The average Bonchev–Trinajstić information content (AvgIpc) is 2.37. The minimum atomic E-state index is -0.897. The minimum absolute atomic E-state index is 0.329. The number of pyridine rings is 1. The molecule has 0 fully saturated rings. The molecular weight excluding hydrogens is 238 g/mol. The molecule has 90 valence electrons. The monoisotopic (exact) mass is 251 g/mol. The van der Waals surface area contributed by atoms with Gasteiger partial charge in [-0.2, -0.15) is 0 Å². The standard InChI is InChI=1S/C13H14ClNO2/c14-5-3-12(16)13(17)10-1-2-11-8-15-6-4-9(11)7-10/h1-2,4,6-8,12-13,16-17H,3,5H2. The van der Waals surface area contributed by atoms with E-state index >= 15 is 0 Å². The number of aliphatic hydroxyl groups is 2. The number of fused-ring (bicyclic) bond motifs is 1. The number of alkyl halides is 1. The van der Waals surface area contributed by atoms with E-state index in [0.717, 1.165) is 10.8 Å². The summed E-state index contributed by atoms with van der Waals surface area (Å²) in [6, 6.07) is 7.42. The Kier molecular flexibility index (Phi) is 3.94. The van der Waals surface area contributed by atoms with Gasteiger partial charge in [0.1, 0.15) is 6.10 Å². The van der Waals surface area contributed by atoms with Crippen molar-refractivity contribution in [1.82, 2.24) is 4.98 Å². The fraction of sp³-hybridized carbons (Fsp3) is 0.308. The largest absolute Gasteiger partial charge is 0.390 e. The molecule has 1 heterocycles. The predicted molar refractivity (Wildman–Crippen MR) is 68.0 cm³/mol. The molecule has 0 radical (unpaired) electrons. The predicted octanol–water partition coefficient (Wildman–Crippen LogP) is 2.26. The van der Waals surface area contributed by atoms with Crippen molar-refractivity contribution in [3.63, 3.8) is 0 Å². The van der Waals surface area contributed by atoms with Gasteiger partial charge in [-0.1, -0.05) is 12.1 Å². The van der Waals surface area contributed by atoms with Crippen LogP contribution in [0, 0.1) is 0 Å². The summed E-state index contributed by atoms with van der Waals surface area (Å²) in [6.45, 7) is 0. The van der Waals surface area contributed by atoms with E-state index in [1.165, 1.54) is 0 Å². The van der Waals surface area contributed by atoms with Crippen molar-refractivity contribution in [3.8, 4) is 0 Å². The van der Waals surface area contributed by atoms with E-state index in [1.807, 2.05) is 18.2 Å². The van der Waals surface area contributed by atoms with E-state index in [-0.39, 0.29) is 0 Å². The summed E-state index contributed by atoms with van der Waals surface area (Å²) < 4.78 is 0. The summed E-state index contributed by atoms with van der Waals surface area (Å²) in [5.41, 5.74) is 0.696. The van der Waals surface area contributed by atoms with Crippen LogP contribution in [0.3, 0.4) is 0 Å². The van der Waals surface area contributed by atoms with Gasteiger partial charge in [0.15, 0.2) is 0 Å². The van der Waals surface area contributed by atoms with Gasteiger partial charge in [0, 0.05) is 23.7 Å². The van der Waals surface area contributed by atoms with Crippen LogP contribution in [0.1, 0.15) is 18.1 Å². The van der Waals surface area contributed by atoms with Gasteiger partial charge in [-0.15, -0.1) is 11.6 Å². The van der Waals surface area contributed by atoms with Crippen LogP contribution in [0.5, 0.6) is 0 Å². The zero-order valence-electron chi connectivity index (χ0n) is 9.25. The Hall–Kier alpha value is -1.16. The molecule has 0 aliphatic carbocycles. The summed E-state index contributed by atoms with van der Waals surface area (Å²) in [6.07, 6.45) is 2.11. The van der Waals surface area contributed by atoms with Gasteiger partial charge in [0.25, 0.3) is 0 Å². The molecule has 2 unspecified atom stereocenters. The van der Waals surface area contributed by atoms with Crippen LogP contribution in [0.4, 0.5) is 0 Å². The van der Waals surface area contributed by atoms with Crippen molar-refractivity contribution in [2.24, 2.45) is 0 Å². The number of aromatic nitrogens is 1. The molecule has 0 spiro atoms. The molecular formula is C13H14ClNO2. The molecule has 3 nitrogen and oxygen atoms in total. The maximum absolute atomic E-state index is 9.96. The quantitative estimate of drug-likeness (QED) is 0.820. The van der Waals surface area contributed by atoms with Crippen LogP contribution < -0.4 is 0 Å². The van der Waals surface area contributed by atoms with Gasteiger partial charge in [0.05, 0.1) is 6.10 Å². The molecule has 1 aromatic carbocycles. The van der Waals surface area contributed by atoms with E-state index in [9.17, 15) is 10.2 Å². The Labute approximate surface area is 105 Å². The lowest BCUT2D eigenvalue weighted by atomic mass is 10.00. The Morgan fingerprint density at radius 3 is 2.76 bits per heavy atom. The average molecular weight is 252 g/mol. The van der Waals surface area contributed by atoms with Gasteiger partial charge in [-0.3, -0.25) is 4.98 Å². The van der Waals surface area contributed by atoms with E-state index < -0.39 is 12.2 Å². The molecule has 0 aliphatic heterocycles. The SMILES string of the molecule is OC(CCCl)C(O)c1ccc2cnccc2c1. The molecule has 17 heavy (non-hydrogen) atoms. The number of benzene rings is 1. The Balaban J connectivity index is 2.29. The first kappa shape index (κ1) is 12.3. The third-order valence-corrected chi connectivity index (χ3v) is 2.99. The number of nitrogens with zero attached hydrogens (tertiary/aromatic N) is 1. The Morgan fingerprint density at radius 2 is 2.00 bits per heavy atom. The smallest absolute Gasteiger partial charge is 0.105 e. The molecule has 2 atom stereocenters. The highest BCUT2D eigenvalue weighted by molar-refractivity contribution is 6.17. The second-order valence-corrected chi connectivity index (χ2v) is 4.35. The van der Waals surface area contributed by atoms with E-state index in [2.05, 4.69) is 4.98 Å². The lowest BCUT2D eigenvalue weighted by molar-refractivity contribution is 0.0171. The normalized spacial score (nSPS) is 14.8. The second kappa shape index (κ2) is 5.45. The molecule has 0 aliphatic rings. The van der Waals surface area contributed by atoms with Crippen molar-refractivity contribution in [2.75, 3.05) is 5.88 Å². The van der Waals surface area contributed by atoms with Crippen LogP contribution >= 0.6 is 11.6 Å². The van der Waals surface area contributed by atoms with Gasteiger partial charge in [-0.05, 0) is 29.5 Å². The van der Waals surface area contributed by atoms with Crippen molar-refractivity contribution in [1.29, 1.82) is 0 Å². The van der Waals surface area contributed by atoms with Crippen molar-refractivity contribution >= 4 is 22.4 Å². The first-order chi connectivity index (χ1) is 8.22. The molecule has 2 aromatic rings. The zero-order chi connectivity index (χ0) is 12.3. The van der Waals surface area contributed by atoms with E-state index in [1.54, 1.807) is 18.5 Å². The topological polar surface area (TPSA) is 53.4 Å². The first-order valence-corrected chi connectivity index (χ1v) is 6.01. The number of hydrogen-bond acceptors (Lipinski definition) is 3. The summed E-state index contributed by atoms with van der Waals surface area (Å²) in [4.78, 5) is 4.02. The molecule has 2 N–H and O–H groups in total. The van der Waals surface area contributed by atoms with Gasteiger partial charge < -0.3 is 10.2 Å². The molecule has 4 heteroatoms. The van der Waals surface area contributed by atoms with Gasteiger partial charge in [-0.25, -0.2) is 0 Å². The number of rotatable bonds is 4. The highest BCUT2D eigenvalue weighted by atomic mass is 35.5. The van der Waals surface area contributed by atoms with Crippen molar-refractivity contribution in [2.45, 2.75) is 18.6 Å². The maximum Gasteiger partial charge on any atom is 0.105 e. The van der Waals surface area contributed by atoms with Crippen LogP contribution in [0.15, 0.2) is 36.7 Å². The number of hydrogen-bond donors (Lipinski definition) is 2. The summed E-state index contributed by atoms with van der Waals surface area (Å²) in [5.74, 6) is 0.329. The molecule has 2 rings (SSSR count). The third-order valence-electron chi connectivity index (χ3n) is 2.78. The molecule has 1 aromatic heterocycles. The third kappa shape index (κ3) is 2.75. The van der Waals surface area contributed by atoms with Crippen molar-refractivity contribution < 1.29 is 10.2 Å². The van der Waals surface area contributed by atoms with Crippen LogP contribution in [0.25, 0.3) is 10.8 Å². The molecule has 0 amide bonds.